The molecule has 1 unspecified atom stereocenters. The van der Waals surface area contributed by atoms with Crippen molar-refractivity contribution in [1.82, 2.24) is 19.2 Å². The van der Waals surface area contributed by atoms with E-state index in [1.165, 1.54) is 0 Å². The summed E-state index contributed by atoms with van der Waals surface area (Å²) in [6.45, 7) is 10.3. The molecule has 0 radical (unpaired) electrons. The Bertz CT molecular complexity index is 942. The van der Waals surface area contributed by atoms with Gasteiger partial charge in [0.15, 0.2) is 14.6 Å². The first kappa shape index (κ1) is 21.3. The molecular formula is C19H30N4O3S2. The fraction of sp³-hybridized carbons (Fsp3) is 0.684. The van der Waals surface area contributed by atoms with Crippen molar-refractivity contribution in [2.75, 3.05) is 18.1 Å². The highest BCUT2D eigenvalue weighted by Gasteiger charge is 2.33. The van der Waals surface area contributed by atoms with Crippen molar-refractivity contribution >= 4 is 22.1 Å². The lowest BCUT2D eigenvalue weighted by Gasteiger charge is -2.29. The van der Waals surface area contributed by atoms with Crippen LogP contribution in [0.25, 0.3) is 0 Å². The van der Waals surface area contributed by atoms with E-state index in [9.17, 15) is 8.42 Å². The van der Waals surface area contributed by atoms with Crippen molar-refractivity contribution in [1.29, 1.82) is 0 Å². The Hall–Kier alpha value is -1.45. The first-order chi connectivity index (χ1) is 13.2. The van der Waals surface area contributed by atoms with Gasteiger partial charge in [-0.2, -0.15) is 5.10 Å². The molecule has 1 saturated heterocycles. The van der Waals surface area contributed by atoms with Crippen molar-refractivity contribution in [3.8, 4) is 0 Å². The van der Waals surface area contributed by atoms with Crippen LogP contribution in [0.3, 0.4) is 0 Å². The second-order valence-corrected chi connectivity index (χ2v) is 10.9. The van der Waals surface area contributed by atoms with Crippen molar-refractivity contribution in [3.63, 3.8) is 0 Å². The van der Waals surface area contributed by atoms with Gasteiger partial charge >= 0.3 is 0 Å². The molecular weight excluding hydrogens is 396 g/mol. The van der Waals surface area contributed by atoms with E-state index >= 15 is 0 Å². The smallest absolute Gasteiger partial charge is 0.199 e. The molecule has 28 heavy (non-hydrogen) atoms. The molecule has 0 spiro atoms. The van der Waals surface area contributed by atoms with Gasteiger partial charge in [0.1, 0.15) is 11.6 Å². The zero-order valence-electron chi connectivity index (χ0n) is 17.0. The first-order valence-electron chi connectivity index (χ1n) is 9.80. The molecule has 9 heteroatoms. The highest BCUT2D eigenvalue weighted by Crippen LogP contribution is 2.21. The molecule has 7 nitrogen and oxygen atoms in total. The summed E-state index contributed by atoms with van der Waals surface area (Å²) in [6.07, 6.45) is 2.33. The first-order valence-corrected chi connectivity index (χ1v) is 12.0. The molecule has 2 aromatic heterocycles. The van der Waals surface area contributed by atoms with E-state index in [1.807, 2.05) is 21.4 Å². The summed E-state index contributed by atoms with van der Waals surface area (Å²) in [7, 11) is -2.94. The summed E-state index contributed by atoms with van der Waals surface area (Å²) in [6, 6.07) is 3.81. The molecule has 3 rings (SSSR count). The van der Waals surface area contributed by atoms with Gasteiger partial charge in [-0.3, -0.25) is 9.47 Å². The summed E-state index contributed by atoms with van der Waals surface area (Å²) < 4.78 is 34.0. The summed E-state index contributed by atoms with van der Waals surface area (Å²) in [5, 5.41) is 4.79. The van der Waals surface area contributed by atoms with Crippen LogP contribution in [-0.2, 0) is 23.1 Å². The number of furan rings is 1. The average Bonchev–Trinajstić information content (AvgIpc) is 3.29. The lowest BCUT2D eigenvalue weighted by molar-refractivity contribution is 0.137. The quantitative estimate of drug-likeness (QED) is 0.603. The number of sulfone groups is 1. The summed E-state index contributed by atoms with van der Waals surface area (Å²) in [5.74, 6) is 2.86. The van der Waals surface area contributed by atoms with E-state index in [4.69, 9.17) is 21.7 Å². The molecule has 156 valence electrons. The van der Waals surface area contributed by atoms with Crippen LogP contribution in [0.5, 0.6) is 0 Å². The number of hydrogen-bond donors (Lipinski definition) is 0. The molecule has 3 heterocycles. The van der Waals surface area contributed by atoms with Crippen LogP contribution in [0.15, 0.2) is 22.8 Å². The lowest BCUT2D eigenvalue weighted by Crippen LogP contribution is -2.40. The largest absolute Gasteiger partial charge is 0.467 e. The predicted molar refractivity (Wildman–Crippen MR) is 112 cm³/mol. The van der Waals surface area contributed by atoms with Crippen molar-refractivity contribution < 1.29 is 12.8 Å². The van der Waals surface area contributed by atoms with Crippen molar-refractivity contribution in [3.05, 3.63) is 34.8 Å². The molecule has 0 aliphatic carbocycles. The third-order valence-corrected chi connectivity index (χ3v) is 7.18. The zero-order valence-corrected chi connectivity index (χ0v) is 18.7. The second kappa shape index (κ2) is 8.51. The minimum Gasteiger partial charge on any atom is -0.467 e. The van der Waals surface area contributed by atoms with Gasteiger partial charge in [0.25, 0.3) is 0 Å². The molecule has 0 amide bonds. The van der Waals surface area contributed by atoms with E-state index < -0.39 is 9.84 Å². The van der Waals surface area contributed by atoms with Gasteiger partial charge in [-0.05, 0) is 36.7 Å². The third-order valence-electron chi connectivity index (χ3n) is 5.00. The minimum atomic E-state index is -2.94. The highest BCUT2D eigenvalue weighted by atomic mass is 32.2. The van der Waals surface area contributed by atoms with Gasteiger partial charge in [0.05, 0.1) is 31.0 Å². The van der Waals surface area contributed by atoms with E-state index in [0.717, 1.165) is 18.1 Å². The van der Waals surface area contributed by atoms with Crippen LogP contribution < -0.4 is 0 Å². The Morgan fingerprint density at radius 1 is 1.36 bits per heavy atom. The Balaban J connectivity index is 1.89. The Morgan fingerprint density at radius 3 is 2.64 bits per heavy atom. The van der Waals surface area contributed by atoms with E-state index in [-0.39, 0.29) is 23.5 Å². The summed E-state index contributed by atoms with van der Waals surface area (Å²) >= 11 is 5.73. The van der Waals surface area contributed by atoms with Gasteiger partial charge in [0, 0.05) is 18.5 Å². The maximum absolute atomic E-state index is 12.0. The average molecular weight is 427 g/mol. The molecule has 0 saturated carbocycles. The minimum absolute atomic E-state index is 0.0204. The normalized spacial score (nSPS) is 19.3. The number of rotatable bonds is 8. The van der Waals surface area contributed by atoms with Crippen molar-refractivity contribution in [2.45, 2.75) is 59.3 Å². The maximum atomic E-state index is 12.0. The molecule has 2 aromatic rings. The number of aromatic nitrogens is 3. The summed E-state index contributed by atoms with van der Waals surface area (Å²) in [5.41, 5.74) is 0. The van der Waals surface area contributed by atoms with Gasteiger partial charge in [-0.1, -0.05) is 27.7 Å². The SMILES string of the molecule is CC(C)CN(Cn1nc(C(C)C)n(Cc2ccco2)c1=S)C1CCS(=O)(=O)C1. The Morgan fingerprint density at radius 2 is 2.11 bits per heavy atom. The predicted octanol–water partition coefficient (Wildman–Crippen LogP) is 3.28. The van der Waals surface area contributed by atoms with E-state index in [0.29, 0.717) is 30.3 Å². The zero-order chi connectivity index (χ0) is 20.5. The highest BCUT2D eigenvalue weighted by molar-refractivity contribution is 7.91. The van der Waals surface area contributed by atoms with Crippen LogP contribution in [0.1, 0.15) is 51.6 Å². The standard InChI is InChI=1S/C19H30N4O3S2/c1-14(2)10-21(16-7-9-28(24,25)12-16)13-23-19(27)22(18(20-23)15(3)4)11-17-6-5-8-26-17/h5-6,8,14-16H,7,9-13H2,1-4H3. The van der Waals surface area contributed by atoms with Gasteiger partial charge in [0.2, 0.25) is 0 Å². The summed E-state index contributed by atoms with van der Waals surface area (Å²) in [4.78, 5) is 2.22. The monoisotopic (exact) mass is 426 g/mol. The lowest BCUT2D eigenvalue weighted by atomic mass is 10.1. The molecule has 0 bridgehead atoms. The molecule has 1 atom stereocenters. The Kier molecular flexibility index (Phi) is 6.46. The Labute approximate surface area is 172 Å². The van der Waals surface area contributed by atoms with E-state index in [1.54, 1.807) is 6.26 Å². The maximum Gasteiger partial charge on any atom is 0.199 e. The van der Waals surface area contributed by atoms with Crippen LogP contribution in [-0.4, -0.2) is 51.8 Å². The van der Waals surface area contributed by atoms with Gasteiger partial charge in [-0.15, -0.1) is 0 Å². The van der Waals surface area contributed by atoms with Crippen LogP contribution in [0, 0.1) is 10.7 Å². The molecule has 0 N–H and O–H groups in total. The van der Waals surface area contributed by atoms with Crippen LogP contribution in [0.2, 0.25) is 0 Å². The number of hydrogen-bond acceptors (Lipinski definition) is 6. The van der Waals surface area contributed by atoms with Crippen molar-refractivity contribution in [2.24, 2.45) is 5.92 Å². The molecule has 0 aromatic carbocycles. The fourth-order valence-corrected chi connectivity index (χ4v) is 5.73. The van der Waals surface area contributed by atoms with Crippen LogP contribution >= 0.6 is 12.2 Å². The fourth-order valence-electron chi connectivity index (χ4n) is 3.71. The third kappa shape index (κ3) is 4.93. The second-order valence-electron chi connectivity index (χ2n) is 8.32. The molecule has 1 aliphatic heterocycles. The topological polar surface area (TPSA) is 73.3 Å². The number of nitrogens with zero attached hydrogens (tertiary/aromatic N) is 4. The van der Waals surface area contributed by atoms with Gasteiger partial charge < -0.3 is 4.42 Å². The van der Waals surface area contributed by atoms with E-state index in [2.05, 4.69) is 32.6 Å². The van der Waals surface area contributed by atoms with Gasteiger partial charge in [-0.25, -0.2) is 13.1 Å². The molecule has 1 aliphatic rings. The van der Waals surface area contributed by atoms with Crippen LogP contribution in [0.4, 0.5) is 0 Å². The molecule has 1 fully saturated rings.